The van der Waals surface area contributed by atoms with Crippen molar-refractivity contribution in [3.8, 4) is 17.1 Å². The Hall–Kier alpha value is -6.05. The molecule has 0 saturated carbocycles. The average molecular weight is 714 g/mol. The number of nitrogens with one attached hydrogen (secondary N) is 1. The topological polar surface area (TPSA) is 174 Å². The van der Waals surface area contributed by atoms with Gasteiger partial charge in [0.1, 0.15) is 11.6 Å². The number of hydrogen-bond donors (Lipinski definition) is 4. The van der Waals surface area contributed by atoms with Gasteiger partial charge in [0.25, 0.3) is 0 Å². The minimum absolute atomic E-state index is 0.294. The number of pyridine rings is 1. The van der Waals surface area contributed by atoms with E-state index < -0.39 is 41.6 Å². The summed E-state index contributed by atoms with van der Waals surface area (Å²) in [5.41, 5.74) is 9.29. The van der Waals surface area contributed by atoms with Crippen LogP contribution in [-0.4, -0.2) is 63.4 Å². The lowest BCUT2D eigenvalue weighted by Gasteiger charge is -2.06. The molecule has 0 aliphatic rings. The lowest BCUT2D eigenvalue weighted by atomic mass is 10.1. The van der Waals surface area contributed by atoms with Gasteiger partial charge in [-0.05, 0) is 48.5 Å². The number of fused-ring (bicyclic) bond motifs is 2. The average Bonchev–Trinajstić information content (AvgIpc) is 3.68. The number of aromatic amines is 1. The Labute approximate surface area is 273 Å². The van der Waals surface area contributed by atoms with Crippen molar-refractivity contribution in [2.45, 2.75) is 25.4 Å². The quantitative estimate of drug-likeness (QED) is 0.178. The van der Waals surface area contributed by atoms with Crippen LogP contribution < -0.4 is 11.4 Å². The van der Waals surface area contributed by atoms with Crippen molar-refractivity contribution in [1.82, 2.24) is 28.9 Å². The number of carbonyl (C=O) groups is 2. The van der Waals surface area contributed by atoms with E-state index in [2.05, 4.69) is 15.2 Å². The van der Waals surface area contributed by atoms with Crippen LogP contribution >= 0.6 is 0 Å². The molecule has 0 fully saturated rings. The van der Waals surface area contributed by atoms with Crippen molar-refractivity contribution >= 4 is 33.7 Å². The second-order valence-corrected chi connectivity index (χ2v) is 10.2. The number of nitrogens with zero attached hydrogens (tertiary/aromatic N) is 5. The summed E-state index contributed by atoms with van der Waals surface area (Å²) >= 11 is 0. The first-order valence-electron chi connectivity index (χ1n) is 13.8. The highest BCUT2D eigenvalue weighted by Crippen LogP contribution is 2.33. The molecule has 4 aromatic heterocycles. The van der Waals surface area contributed by atoms with Gasteiger partial charge < -0.3 is 25.1 Å². The van der Waals surface area contributed by atoms with Gasteiger partial charge in [-0.25, -0.2) is 32.8 Å². The highest BCUT2D eigenvalue weighted by molar-refractivity contribution is 5.96. The summed E-state index contributed by atoms with van der Waals surface area (Å²) in [6.07, 6.45) is -6.61. The SMILES string of the molecule is Cn1cc(-c2n[nH]c(=O)n2-c2cn(Cc3cccc(CN)n3)c3ccc(F)cc23)c2cc(F)ccc21.O=C(O)C(F)(F)F.O=C(O)C(F)(F)F. The Morgan fingerprint density at radius 1 is 0.840 bits per heavy atom. The minimum Gasteiger partial charge on any atom is -0.475 e. The molecule has 12 nitrogen and oxygen atoms in total. The molecule has 0 unspecified atom stereocenters. The fourth-order valence-corrected chi connectivity index (χ4v) is 4.71. The van der Waals surface area contributed by atoms with Gasteiger partial charge in [-0.3, -0.25) is 4.98 Å². The first-order valence-corrected chi connectivity index (χ1v) is 13.8. The van der Waals surface area contributed by atoms with Crippen LogP contribution in [-0.2, 0) is 29.7 Å². The van der Waals surface area contributed by atoms with Crippen LogP contribution in [0.1, 0.15) is 11.4 Å². The van der Waals surface area contributed by atoms with Gasteiger partial charge >= 0.3 is 30.0 Å². The molecule has 6 rings (SSSR count). The molecule has 0 aliphatic heterocycles. The Bertz CT molecular complexity index is 2230. The zero-order valence-corrected chi connectivity index (χ0v) is 25.2. The third-order valence-electron chi connectivity index (χ3n) is 6.82. The van der Waals surface area contributed by atoms with Gasteiger partial charge in [-0.1, -0.05) is 6.07 Å². The van der Waals surface area contributed by atoms with Crippen molar-refractivity contribution < 1.29 is 54.9 Å². The number of aliphatic carboxylic acids is 2. The zero-order valence-electron chi connectivity index (χ0n) is 25.2. The monoisotopic (exact) mass is 713 g/mol. The Morgan fingerprint density at radius 3 is 1.94 bits per heavy atom. The Kier molecular flexibility index (Phi) is 10.4. The third kappa shape index (κ3) is 8.14. The molecule has 0 amide bonds. The van der Waals surface area contributed by atoms with E-state index >= 15 is 0 Å². The maximum absolute atomic E-state index is 14.4. The highest BCUT2D eigenvalue weighted by Gasteiger charge is 2.39. The van der Waals surface area contributed by atoms with E-state index in [-0.39, 0.29) is 0 Å². The molecule has 0 atom stereocenters. The predicted molar refractivity (Wildman–Crippen MR) is 160 cm³/mol. The first kappa shape index (κ1) is 36.8. The number of alkyl halides is 6. The van der Waals surface area contributed by atoms with E-state index in [9.17, 15) is 39.9 Å². The molecule has 0 bridgehead atoms. The Balaban J connectivity index is 0.000000340. The predicted octanol–water partition coefficient (Wildman–Crippen LogP) is 5.12. The molecule has 4 heterocycles. The molecular weight excluding hydrogens is 690 g/mol. The molecule has 20 heteroatoms. The van der Waals surface area contributed by atoms with E-state index in [1.54, 1.807) is 24.5 Å². The minimum atomic E-state index is -5.08. The van der Waals surface area contributed by atoms with E-state index in [4.69, 9.17) is 25.5 Å². The molecule has 6 aromatic rings. The summed E-state index contributed by atoms with van der Waals surface area (Å²) in [5, 5.41) is 22.1. The summed E-state index contributed by atoms with van der Waals surface area (Å²) in [5.74, 6) is -6.05. The number of rotatable bonds is 5. The zero-order chi connectivity index (χ0) is 37.1. The molecule has 2 aromatic carbocycles. The highest BCUT2D eigenvalue weighted by atomic mass is 19.4. The fourth-order valence-electron chi connectivity index (χ4n) is 4.71. The summed E-state index contributed by atoms with van der Waals surface area (Å²) in [6, 6.07) is 14.5. The van der Waals surface area contributed by atoms with Crippen LogP contribution in [0.3, 0.4) is 0 Å². The number of aromatic nitrogens is 6. The summed E-state index contributed by atoms with van der Waals surface area (Å²) < 4.78 is 97.1. The van der Waals surface area contributed by atoms with Crippen LogP contribution in [0.5, 0.6) is 0 Å². The Morgan fingerprint density at radius 2 is 1.38 bits per heavy atom. The van der Waals surface area contributed by atoms with Crippen LogP contribution in [0.25, 0.3) is 38.9 Å². The summed E-state index contributed by atoms with van der Waals surface area (Å²) in [4.78, 5) is 35.4. The number of H-pyrrole nitrogens is 1. The third-order valence-corrected chi connectivity index (χ3v) is 6.82. The smallest absolute Gasteiger partial charge is 0.475 e. The number of carboxylic acids is 2. The lowest BCUT2D eigenvalue weighted by Crippen LogP contribution is -2.21. The maximum Gasteiger partial charge on any atom is 0.490 e. The molecule has 0 aliphatic carbocycles. The van der Waals surface area contributed by atoms with E-state index in [0.29, 0.717) is 40.9 Å². The first-order chi connectivity index (χ1) is 23.3. The number of nitrogens with two attached hydrogens (primary N) is 1. The van der Waals surface area contributed by atoms with E-state index in [0.717, 1.165) is 22.4 Å². The number of halogens is 8. The number of hydrogen-bond acceptors (Lipinski definition) is 6. The van der Waals surface area contributed by atoms with Crippen molar-refractivity contribution in [1.29, 1.82) is 0 Å². The molecule has 0 saturated heterocycles. The molecule has 0 radical (unpaired) electrons. The van der Waals surface area contributed by atoms with Gasteiger partial charge in [0, 0.05) is 47.8 Å². The van der Waals surface area contributed by atoms with Crippen molar-refractivity contribution in [2.75, 3.05) is 0 Å². The molecular formula is C30H23F8N7O5. The number of aryl methyl sites for hydroxylation is 1. The van der Waals surface area contributed by atoms with Crippen LogP contribution in [0, 0.1) is 11.6 Å². The van der Waals surface area contributed by atoms with Gasteiger partial charge in [-0.2, -0.15) is 31.4 Å². The number of carboxylic acid groups (broad SMARTS) is 2. The normalized spacial score (nSPS) is 11.6. The second kappa shape index (κ2) is 14.2. The van der Waals surface area contributed by atoms with Gasteiger partial charge in [0.2, 0.25) is 0 Å². The van der Waals surface area contributed by atoms with Gasteiger partial charge in [-0.15, -0.1) is 0 Å². The van der Waals surface area contributed by atoms with E-state index in [1.165, 1.54) is 28.8 Å². The maximum atomic E-state index is 14.4. The van der Waals surface area contributed by atoms with E-state index in [1.807, 2.05) is 34.4 Å². The summed E-state index contributed by atoms with van der Waals surface area (Å²) in [7, 11) is 1.84. The van der Waals surface area contributed by atoms with Crippen molar-refractivity contribution in [3.05, 3.63) is 100 Å². The molecule has 50 heavy (non-hydrogen) atoms. The van der Waals surface area contributed by atoms with Crippen molar-refractivity contribution in [2.24, 2.45) is 12.8 Å². The molecule has 5 N–H and O–H groups in total. The van der Waals surface area contributed by atoms with Crippen LogP contribution in [0.4, 0.5) is 35.1 Å². The second-order valence-electron chi connectivity index (χ2n) is 10.2. The number of benzene rings is 2. The standard InChI is InChI=1S/C26H21F2N7O.2C2HF3O2/c1-33-13-21(19-9-15(27)5-7-22(19)33)25-31-32-26(36)35(25)24-14-34(23-8-6-16(28)10-20(23)24)12-18-4-2-3-17(11-29)30-18;2*3-2(4,5)1(6)7/h2-10,13-14H,11-12,29H2,1H3,(H,32,36);2*(H,6,7). The van der Waals surface area contributed by atoms with Crippen molar-refractivity contribution in [3.63, 3.8) is 0 Å². The molecule has 264 valence electrons. The van der Waals surface area contributed by atoms with Gasteiger partial charge in [0.05, 0.1) is 29.1 Å². The van der Waals surface area contributed by atoms with Crippen LogP contribution in [0.15, 0.2) is 71.8 Å². The van der Waals surface area contributed by atoms with Crippen LogP contribution in [0.2, 0.25) is 0 Å². The molecule has 0 spiro atoms. The largest absolute Gasteiger partial charge is 0.490 e. The van der Waals surface area contributed by atoms with Gasteiger partial charge in [0.15, 0.2) is 5.82 Å². The summed E-state index contributed by atoms with van der Waals surface area (Å²) in [6.45, 7) is 0.702. The fraction of sp³-hybridized carbons (Fsp3) is 0.167. The lowest BCUT2D eigenvalue weighted by molar-refractivity contribution is -0.193.